The van der Waals surface area contributed by atoms with Crippen LogP contribution in [-0.2, 0) is 0 Å². The van der Waals surface area contributed by atoms with Gasteiger partial charge in [-0.15, -0.1) is 0 Å². The SMILES string of the molecule is NCC12CC(CN(c3nc4c(cc3F)c(=O)c(C(=O)O)cn4-c3ccc(F)cc3F)C1)C2. The second-order valence-corrected chi connectivity index (χ2v) is 8.67. The van der Waals surface area contributed by atoms with E-state index in [4.69, 9.17) is 5.73 Å². The summed E-state index contributed by atoms with van der Waals surface area (Å²) >= 11 is 0. The average molecular weight is 444 g/mol. The van der Waals surface area contributed by atoms with Crippen molar-refractivity contribution in [2.45, 2.75) is 12.8 Å². The Morgan fingerprint density at radius 1 is 1.22 bits per heavy atom. The lowest BCUT2D eigenvalue weighted by Gasteiger charge is -2.56. The molecule has 10 heteroatoms. The van der Waals surface area contributed by atoms with Crippen molar-refractivity contribution in [1.29, 1.82) is 0 Å². The van der Waals surface area contributed by atoms with E-state index in [1.165, 1.54) is 0 Å². The number of piperidine rings is 2. The van der Waals surface area contributed by atoms with Crippen LogP contribution in [0.2, 0.25) is 0 Å². The summed E-state index contributed by atoms with van der Waals surface area (Å²) in [4.78, 5) is 30.4. The highest BCUT2D eigenvalue weighted by molar-refractivity contribution is 5.92. The summed E-state index contributed by atoms with van der Waals surface area (Å²) in [6.07, 6.45) is 2.85. The zero-order valence-electron chi connectivity index (χ0n) is 16.8. The van der Waals surface area contributed by atoms with E-state index >= 15 is 4.39 Å². The highest BCUT2D eigenvalue weighted by Gasteiger charge is 2.49. The molecule has 6 rings (SSSR count). The second-order valence-electron chi connectivity index (χ2n) is 8.67. The Hall–Kier alpha value is -3.40. The Bertz CT molecular complexity index is 1330. The molecule has 0 atom stereocenters. The van der Waals surface area contributed by atoms with E-state index in [1.807, 2.05) is 0 Å². The second kappa shape index (κ2) is 7.06. The maximum absolute atomic E-state index is 15.1. The van der Waals surface area contributed by atoms with E-state index < -0.39 is 34.4 Å². The van der Waals surface area contributed by atoms with Crippen molar-refractivity contribution < 1.29 is 23.1 Å². The zero-order chi connectivity index (χ0) is 22.8. The van der Waals surface area contributed by atoms with E-state index in [-0.39, 0.29) is 28.0 Å². The minimum Gasteiger partial charge on any atom is -0.477 e. The van der Waals surface area contributed by atoms with Gasteiger partial charge in [0.25, 0.3) is 0 Å². The molecule has 3 aromatic rings. The number of hydrogen-bond acceptors (Lipinski definition) is 5. The van der Waals surface area contributed by atoms with Gasteiger partial charge in [-0.3, -0.25) is 9.36 Å². The zero-order valence-corrected chi connectivity index (χ0v) is 16.8. The summed E-state index contributed by atoms with van der Waals surface area (Å²) in [7, 11) is 0. The molecule has 2 aliphatic heterocycles. The Kier molecular flexibility index (Phi) is 4.52. The number of anilines is 1. The molecule has 32 heavy (non-hydrogen) atoms. The van der Waals surface area contributed by atoms with E-state index in [0.29, 0.717) is 31.6 Å². The van der Waals surface area contributed by atoms with Crippen LogP contribution in [0.3, 0.4) is 0 Å². The standard InChI is InChI=1S/C22H19F3N4O3/c23-12-1-2-17(15(24)3-12)29-8-14(21(31)32)18(30)13-4-16(25)20(27-19(13)29)28-7-11-5-22(6-11,9-26)10-28/h1-4,8,11H,5-7,9-10,26H2,(H,31,32). The summed E-state index contributed by atoms with van der Waals surface area (Å²) in [6.45, 7) is 1.53. The van der Waals surface area contributed by atoms with Crippen LogP contribution >= 0.6 is 0 Å². The van der Waals surface area contributed by atoms with Crippen molar-refractivity contribution in [2.24, 2.45) is 17.1 Å². The number of halogens is 3. The van der Waals surface area contributed by atoms with Crippen LogP contribution in [0.15, 0.2) is 35.3 Å². The largest absolute Gasteiger partial charge is 0.477 e. The molecular formula is C22H19F3N4O3. The number of benzene rings is 1. The molecule has 1 aliphatic carbocycles. The Morgan fingerprint density at radius 3 is 2.62 bits per heavy atom. The molecule has 0 radical (unpaired) electrons. The van der Waals surface area contributed by atoms with E-state index in [0.717, 1.165) is 41.8 Å². The number of pyridine rings is 2. The molecule has 7 nitrogen and oxygen atoms in total. The van der Waals surface area contributed by atoms with Crippen LogP contribution in [0.5, 0.6) is 0 Å². The van der Waals surface area contributed by atoms with Gasteiger partial charge >= 0.3 is 5.97 Å². The number of carbonyl (C=O) groups is 1. The summed E-state index contributed by atoms with van der Waals surface area (Å²) in [5.74, 6) is -3.81. The predicted molar refractivity (Wildman–Crippen MR) is 111 cm³/mol. The van der Waals surface area contributed by atoms with Crippen LogP contribution in [-0.4, -0.2) is 40.3 Å². The van der Waals surface area contributed by atoms with Gasteiger partial charge in [-0.1, -0.05) is 0 Å². The Morgan fingerprint density at radius 2 is 1.97 bits per heavy atom. The molecule has 1 saturated carbocycles. The fourth-order valence-corrected chi connectivity index (χ4v) is 5.05. The molecule has 0 unspecified atom stereocenters. The minimum absolute atomic E-state index is 0.0153. The lowest BCUT2D eigenvalue weighted by molar-refractivity contribution is 0.0400. The fourth-order valence-electron chi connectivity index (χ4n) is 5.05. The third-order valence-electron chi connectivity index (χ3n) is 6.49. The first-order valence-corrected chi connectivity index (χ1v) is 10.1. The van der Waals surface area contributed by atoms with Gasteiger partial charge in [-0.25, -0.2) is 22.9 Å². The number of carboxylic acids is 1. The molecule has 166 valence electrons. The number of nitrogens with two attached hydrogens (primary N) is 1. The maximum Gasteiger partial charge on any atom is 0.341 e. The smallest absolute Gasteiger partial charge is 0.341 e. The molecular weight excluding hydrogens is 425 g/mol. The highest BCUT2D eigenvalue weighted by atomic mass is 19.1. The van der Waals surface area contributed by atoms with Crippen LogP contribution in [0.25, 0.3) is 16.7 Å². The van der Waals surface area contributed by atoms with Gasteiger partial charge in [0.2, 0.25) is 5.43 Å². The van der Waals surface area contributed by atoms with Gasteiger partial charge in [-0.05, 0) is 43.5 Å². The number of nitrogens with zero attached hydrogens (tertiary/aromatic N) is 3. The first-order chi connectivity index (χ1) is 15.2. The summed E-state index contributed by atoms with van der Waals surface area (Å²) in [5.41, 5.74) is 3.85. The molecule has 3 N–H and O–H groups in total. The molecule has 4 heterocycles. The molecule has 1 aromatic carbocycles. The van der Waals surface area contributed by atoms with Crippen molar-refractivity contribution in [3.8, 4) is 5.69 Å². The van der Waals surface area contributed by atoms with Crippen molar-refractivity contribution in [3.63, 3.8) is 0 Å². The Labute approximate surface area is 179 Å². The molecule has 2 aromatic heterocycles. The van der Waals surface area contributed by atoms with E-state index in [1.54, 1.807) is 4.90 Å². The minimum atomic E-state index is -1.56. The lowest BCUT2D eigenvalue weighted by Crippen LogP contribution is -2.59. The van der Waals surface area contributed by atoms with Gasteiger partial charge in [0.05, 0.1) is 11.1 Å². The van der Waals surface area contributed by atoms with E-state index in [2.05, 4.69) is 4.98 Å². The van der Waals surface area contributed by atoms with Crippen LogP contribution in [0, 0.1) is 28.8 Å². The van der Waals surface area contributed by atoms with Gasteiger partial charge in [0.15, 0.2) is 17.3 Å². The van der Waals surface area contributed by atoms with Gasteiger partial charge in [0.1, 0.15) is 17.2 Å². The number of aromatic nitrogens is 2. The summed E-state index contributed by atoms with van der Waals surface area (Å²) in [5, 5.41) is 9.11. The van der Waals surface area contributed by atoms with Crippen molar-refractivity contribution >= 4 is 22.8 Å². The van der Waals surface area contributed by atoms with Gasteiger partial charge in [0, 0.05) is 30.8 Å². The predicted octanol–water partition coefficient (Wildman–Crippen LogP) is 2.68. The molecule has 0 amide bonds. The highest BCUT2D eigenvalue weighted by Crippen LogP contribution is 2.50. The fraction of sp³-hybridized carbons (Fsp3) is 0.318. The molecule has 3 aliphatic rings. The number of rotatable bonds is 4. The van der Waals surface area contributed by atoms with Crippen molar-refractivity contribution in [2.75, 3.05) is 24.5 Å². The van der Waals surface area contributed by atoms with Crippen molar-refractivity contribution in [3.05, 3.63) is 63.7 Å². The Balaban J connectivity index is 1.75. The summed E-state index contributed by atoms with van der Waals surface area (Å²) < 4.78 is 44.2. The van der Waals surface area contributed by atoms with Crippen molar-refractivity contribution in [1.82, 2.24) is 9.55 Å². The quantitative estimate of drug-likeness (QED) is 0.642. The van der Waals surface area contributed by atoms with Gasteiger partial charge in [-0.2, -0.15) is 0 Å². The van der Waals surface area contributed by atoms with Crippen LogP contribution < -0.4 is 16.1 Å². The van der Waals surface area contributed by atoms with Crippen LogP contribution in [0.1, 0.15) is 23.2 Å². The normalized spacial score (nSPS) is 22.1. The number of aromatic carboxylic acids is 1. The molecule has 2 saturated heterocycles. The molecule has 0 spiro atoms. The van der Waals surface area contributed by atoms with E-state index in [9.17, 15) is 23.5 Å². The molecule has 3 fully saturated rings. The van der Waals surface area contributed by atoms with Gasteiger partial charge < -0.3 is 15.7 Å². The average Bonchev–Trinajstić information content (AvgIpc) is 2.73. The number of fused-ring (bicyclic) bond motifs is 3. The van der Waals surface area contributed by atoms with Crippen LogP contribution in [0.4, 0.5) is 19.0 Å². The lowest BCUT2D eigenvalue weighted by atomic mass is 9.59. The first kappa shape index (κ1) is 20.5. The maximum atomic E-state index is 15.1. The number of carboxylic acid groups (broad SMARTS) is 1. The molecule has 2 bridgehead atoms. The third-order valence-corrected chi connectivity index (χ3v) is 6.49. The topological polar surface area (TPSA) is 101 Å². The number of hydrogen-bond donors (Lipinski definition) is 2. The first-order valence-electron chi connectivity index (χ1n) is 10.1. The monoisotopic (exact) mass is 444 g/mol. The summed E-state index contributed by atoms with van der Waals surface area (Å²) in [6, 6.07) is 3.66. The third kappa shape index (κ3) is 3.05.